The standard InChI is InChI=1S/C11H17N3O4/c1-12-9(15)13(2)11(17)14(10(12)16)6-3-4-8-5-7-18-8/h8H,3-7H2,1-2H3. The van der Waals surface area contributed by atoms with Gasteiger partial charge < -0.3 is 4.74 Å². The Balaban J connectivity index is 2.19. The molecule has 1 atom stereocenters. The molecule has 18 heavy (non-hydrogen) atoms. The molecule has 0 bridgehead atoms. The van der Waals surface area contributed by atoms with E-state index < -0.39 is 17.1 Å². The van der Waals surface area contributed by atoms with Crippen LogP contribution in [0.5, 0.6) is 0 Å². The first kappa shape index (κ1) is 12.8. The van der Waals surface area contributed by atoms with Crippen LogP contribution in [0.2, 0.25) is 0 Å². The van der Waals surface area contributed by atoms with E-state index in [9.17, 15) is 14.4 Å². The van der Waals surface area contributed by atoms with Crippen LogP contribution in [-0.4, -0.2) is 26.4 Å². The first-order valence-corrected chi connectivity index (χ1v) is 6.01. The van der Waals surface area contributed by atoms with Gasteiger partial charge in [0.05, 0.1) is 6.10 Å². The molecular formula is C11H17N3O4. The highest BCUT2D eigenvalue weighted by Crippen LogP contribution is 2.16. The second-order valence-corrected chi connectivity index (χ2v) is 4.54. The van der Waals surface area contributed by atoms with Gasteiger partial charge in [-0.1, -0.05) is 0 Å². The summed E-state index contributed by atoms with van der Waals surface area (Å²) in [4.78, 5) is 35.1. The molecule has 1 aliphatic heterocycles. The maximum absolute atomic E-state index is 11.8. The van der Waals surface area contributed by atoms with Crippen molar-refractivity contribution in [3.63, 3.8) is 0 Å². The van der Waals surface area contributed by atoms with Gasteiger partial charge in [0.25, 0.3) is 0 Å². The normalized spacial score (nSPS) is 18.7. The molecule has 1 unspecified atom stereocenters. The summed E-state index contributed by atoms with van der Waals surface area (Å²) >= 11 is 0. The highest BCUT2D eigenvalue weighted by Gasteiger charge is 2.18. The van der Waals surface area contributed by atoms with Crippen molar-refractivity contribution in [3.05, 3.63) is 31.5 Å². The van der Waals surface area contributed by atoms with E-state index in [2.05, 4.69) is 0 Å². The Morgan fingerprint density at radius 1 is 1.11 bits per heavy atom. The van der Waals surface area contributed by atoms with Crippen molar-refractivity contribution in [2.75, 3.05) is 6.61 Å². The molecule has 1 aliphatic rings. The molecule has 0 N–H and O–H groups in total. The summed E-state index contributed by atoms with van der Waals surface area (Å²) in [7, 11) is 2.74. The topological polar surface area (TPSA) is 75.2 Å². The second kappa shape index (κ2) is 4.93. The zero-order valence-electron chi connectivity index (χ0n) is 10.6. The third kappa shape index (κ3) is 2.17. The molecule has 1 aromatic heterocycles. The van der Waals surface area contributed by atoms with E-state index in [1.54, 1.807) is 0 Å². The molecule has 1 saturated heterocycles. The summed E-state index contributed by atoms with van der Waals surface area (Å²) in [6.45, 7) is 1.12. The van der Waals surface area contributed by atoms with Crippen molar-refractivity contribution >= 4 is 0 Å². The van der Waals surface area contributed by atoms with Crippen molar-refractivity contribution in [2.24, 2.45) is 14.1 Å². The van der Waals surface area contributed by atoms with Gasteiger partial charge in [-0.3, -0.25) is 0 Å². The molecule has 7 nitrogen and oxygen atoms in total. The second-order valence-electron chi connectivity index (χ2n) is 4.54. The Kier molecular flexibility index (Phi) is 3.51. The lowest BCUT2D eigenvalue weighted by Crippen LogP contribution is -2.52. The fourth-order valence-corrected chi connectivity index (χ4v) is 2.01. The molecule has 2 heterocycles. The minimum atomic E-state index is -0.594. The van der Waals surface area contributed by atoms with Crippen LogP contribution in [0.25, 0.3) is 0 Å². The monoisotopic (exact) mass is 255 g/mol. The molecule has 1 aromatic rings. The summed E-state index contributed by atoms with van der Waals surface area (Å²) in [5.74, 6) is 0. The van der Waals surface area contributed by atoms with Crippen LogP contribution in [0.1, 0.15) is 19.3 Å². The average Bonchev–Trinajstić information content (AvgIpc) is 2.31. The summed E-state index contributed by atoms with van der Waals surface area (Å²) in [6, 6.07) is 0. The highest BCUT2D eigenvalue weighted by atomic mass is 16.5. The van der Waals surface area contributed by atoms with Crippen LogP contribution in [0.4, 0.5) is 0 Å². The van der Waals surface area contributed by atoms with Crippen molar-refractivity contribution in [1.82, 2.24) is 13.7 Å². The minimum absolute atomic E-state index is 0.261. The van der Waals surface area contributed by atoms with Crippen LogP contribution in [-0.2, 0) is 25.4 Å². The number of rotatable bonds is 4. The van der Waals surface area contributed by atoms with Crippen molar-refractivity contribution < 1.29 is 4.74 Å². The highest BCUT2D eigenvalue weighted by molar-refractivity contribution is 4.76. The summed E-state index contributed by atoms with van der Waals surface area (Å²) in [6.07, 6.45) is 2.83. The molecule has 0 spiro atoms. The van der Waals surface area contributed by atoms with E-state index in [4.69, 9.17) is 4.74 Å². The number of nitrogens with zero attached hydrogens (tertiary/aromatic N) is 3. The molecule has 0 amide bonds. The molecular weight excluding hydrogens is 238 g/mol. The first-order chi connectivity index (χ1) is 8.52. The molecule has 7 heteroatoms. The van der Waals surface area contributed by atoms with Crippen LogP contribution >= 0.6 is 0 Å². The van der Waals surface area contributed by atoms with Crippen LogP contribution in [0.15, 0.2) is 14.4 Å². The van der Waals surface area contributed by atoms with Gasteiger partial charge in [-0.15, -0.1) is 0 Å². The van der Waals surface area contributed by atoms with Gasteiger partial charge in [-0.05, 0) is 19.3 Å². The van der Waals surface area contributed by atoms with Gasteiger partial charge in [0.2, 0.25) is 0 Å². The number of hydrogen-bond donors (Lipinski definition) is 0. The smallest absolute Gasteiger partial charge is 0.336 e. The van der Waals surface area contributed by atoms with Gasteiger partial charge in [-0.25, -0.2) is 28.1 Å². The van der Waals surface area contributed by atoms with Crippen LogP contribution < -0.4 is 17.1 Å². The quantitative estimate of drug-likeness (QED) is 0.678. The predicted octanol–water partition coefficient (Wildman–Crippen LogP) is -1.19. The molecule has 2 rings (SSSR count). The van der Waals surface area contributed by atoms with Gasteiger partial charge in [0.1, 0.15) is 0 Å². The molecule has 0 aromatic carbocycles. The Morgan fingerprint density at radius 3 is 2.11 bits per heavy atom. The molecule has 0 aliphatic carbocycles. The zero-order chi connectivity index (χ0) is 13.3. The molecule has 1 fully saturated rings. The van der Waals surface area contributed by atoms with E-state index in [0.717, 1.165) is 33.1 Å². The average molecular weight is 255 g/mol. The van der Waals surface area contributed by atoms with Gasteiger partial charge in [0, 0.05) is 27.2 Å². The van der Waals surface area contributed by atoms with Crippen molar-refractivity contribution in [3.8, 4) is 0 Å². The third-order valence-corrected chi connectivity index (χ3v) is 3.31. The lowest BCUT2D eigenvalue weighted by Gasteiger charge is -2.26. The predicted molar refractivity (Wildman–Crippen MR) is 64.8 cm³/mol. The number of ether oxygens (including phenoxy) is 1. The fourth-order valence-electron chi connectivity index (χ4n) is 2.01. The lowest BCUT2D eigenvalue weighted by atomic mass is 10.1. The molecule has 0 saturated carbocycles. The van der Waals surface area contributed by atoms with E-state index in [1.165, 1.54) is 14.1 Å². The zero-order valence-corrected chi connectivity index (χ0v) is 10.6. The molecule has 100 valence electrons. The lowest BCUT2D eigenvalue weighted by molar-refractivity contribution is -0.0558. The summed E-state index contributed by atoms with van der Waals surface area (Å²) in [5, 5.41) is 0. The van der Waals surface area contributed by atoms with Gasteiger partial charge in [-0.2, -0.15) is 0 Å². The van der Waals surface area contributed by atoms with Gasteiger partial charge >= 0.3 is 17.1 Å². The Morgan fingerprint density at radius 2 is 1.67 bits per heavy atom. The maximum atomic E-state index is 11.8. The van der Waals surface area contributed by atoms with Crippen LogP contribution in [0, 0.1) is 0 Å². The minimum Gasteiger partial charge on any atom is -0.378 e. The summed E-state index contributed by atoms with van der Waals surface area (Å²) < 4.78 is 8.26. The fraction of sp³-hybridized carbons (Fsp3) is 0.727. The van der Waals surface area contributed by atoms with Crippen LogP contribution in [0.3, 0.4) is 0 Å². The third-order valence-electron chi connectivity index (χ3n) is 3.31. The molecule has 0 radical (unpaired) electrons. The van der Waals surface area contributed by atoms with Gasteiger partial charge in [0.15, 0.2) is 0 Å². The first-order valence-electron chi connectivity index (χ1n) is 6.01. The van der Waals surface area contributed by atoms with Crippen molar-refractivity contribution in [1.29, 1.82) is 0 Å². The Labute approximate surface area is 103 Å². The van der Waals surface area contributed by atoms with E-state index in [1.807, 2.05) is 0 Å². The summed E-state index contributed by atoms with van der Waals surface area (Å²) in [5.41, 5.74) is -1.71. The van der Waals surface area contributed by atoms with Crippen molar-refractivity contribution in [2.45, 2.75) is 31.9 Å². The number of hydrogen-bond acceptors (Lipinski definition) is 4. The largest absolute Gasteiger partial charge is 0.378 e. The van der Waals surface area contributed by atoms with E-state index in [-0.39, 0.29) is 6.10 Å². The van der Waals surface area contributed by atoms with E-state index >= 15 is 0 Å². The Hall–Kier alpha value is -1.63. The number of aromatic nitrogens is 3. The SMILES string of the molecule is Cn1c(=O)n(C)c(=O)n(CCCC2CCO2)c1=O. The van der Waals surface area contributed by atoms with E-state index in [0.29, 0.717) is 13.0 Å². The maximum Gasteiger partial charge on any atom is 0.336 e. The Bertz CT molecular complexity index is 566.